The minimum atomic E-state index is 0.658. The zero-order valence-electron chi connectivity index (χ0n) is 5.60. The van der Waals surface area contributed by atoms with Gasteiger partial charge in [-0.1, -0.05) is 0 Å². The Kier molecular flexibility index (Phi) is 1.47. The molecule has 0 saturated heterocycles. The smallest absolute Gasteiger partial charge is 0.178 e. The quantitative estimate of drug-likeness (QED) is 0.595. The third-order valence-corrected chi connectivity index (χ3v) is 1.55. The Hall–Kier alpha value is -1.16. The summed E-state index contributed by atoms with van der Waals surface area (Å²) < 4.78 is 0. The SMILES string of the molecule is Sc1cnc2nccnc2c1. The molecule has 0 aliphatic heterocycles. The molecule has 11 heavy (non-hydrogen) atoms. The van der Waals surface area contributed by atoms with Crippen LogP contribution in [0.1, 0.15) is 0 Å². The molecule has 0 unspecified atom stereocenters. The molecule has 54 valence electrons. The zero-order chi connectivity index (χ0) is 7.68. The van der Waals surface area contributed by atoms with Crippen LogP contribution in [-0.4, -0.2) is 15.0 Å². The molecule has 0 aliphatic carbocycles. The van der Waals surface area contributed by atoms with E-state index in [0.717, 1.165) is 10.4 Å². The van der Waals surface area contributed by atoms with E-state index in [-0.39, 0.29) is 0 Å². The zero-order valence-corrected chi connectivity index (χ0v) is 6.49. The Morgan fingerprint density at radius 1 is 1.09 bits per heavy atom. The van der Waals surface area contributed by atoms with E-state index in [4.69, 9.17) is 0 Å². The lowest BCUT2D eigenvalue weighted by Crippen LogP contribution is -1.84. The van der Waals surface area contributed by atoms with Crippen LogP contribution < -0.4 is 0 Å². The first-order valence-electron chi connectivity index (χ1n) is 3.12. The predicted octanol–water partition coefficient (Wildman–Crippen LogP) is 1.31. The summed E-state index contributed by atoms with van der Waals surface area (Å²) in [6, 6.07) is 1.83. The largest absolute Gasteiger partial charge is 0.251 e. The summed E-state index contributed by atoms with van der Waals surface area (Å²) in [6.07, 6.45) is 4.91. The van der Waals surface area contributed by atoms with Crippen molar-refractivity contribution in [2.75, 3.05) is 0 Å². The van der Waals surface area contributed by atoms with Crippen molar-refractivity contribution in [1.82, 2.24) is 15.0 Å². The third-order valence-electron chi connectivity index (χ3n) is 1.31. The molecule has 2 heterocycles. The molecular formula is C7H5N3S. The molecule has 0 amide bonds. The average molecular weight is 163 g/mol. The van der Waals surface area contributed by atoms with Gasteiger partial charge in [0.05, 0.1) is 0 Å². The van der Waals surface area contributed by atoms with E-state index in [1.54, 1.807) is 18.6 Å². The monoisotopic (exact) mass is 163 g/mol. The number of pyridine rings is 1. The van der Waals surface area contributed by atoms with Gasteiger partial charge in [-0.05, 0) is 6.07 Å². The molecule has 0 spiro atoms. The maximum Gasteiger partial charge on any atom is 0.178 e. The van der Waals surface area contributed by atoms with E-state index >= 15 is 0 Å². The fourth-order valence-electron chi connectivity index (χ4n) is 0.847. The van der Waals surface area contributed by atoms with Crippen molar-refractivity contribution in [2.24, 2.45) is 0 Å². The highest BCUT2D eigenvalue weighted by Gasteiger charge is 1.94. The molecule has 0 atom stereocenters. The lowest BCUT2D eigenvalue weighted by atomic mass is 10.4. The molecule has 2 aromatic heterocycles. The van der Waals surface area contributed by atoms with Gasteiger partial charge in [-0.2, -0.15) is 0 Å². The van der Waals surface area contributed by atoms with Gasteiger partial charge in [0.2, 0.25) is 0 Å². The summed E-state index contributed by atoms with van der Waals surface area (Å²) in [5.41, 5.74) is 1.44. The van der Waals surface area contributed by atoms with Crippen LogP contribution in [0.5, 0.6) is 0 Å². The Morgan fingerprint density at radius 2 is 1.91 bits per heavy atom. The van der Waals surface area contributed by atoms with Crippen LogP contribution in [-0.2, 0) is 0 Å². The molecule has 0 bridgehead atoms. The van der Waals surface area contributed by atoms with Gasteiger partial charge in [0.1, 0.15) is 5.52 Å². The van der Waals surface area contributed by atoms with E-state index in [1.165, 1.54) is 0 Å². The maximum absolute atomic E-state index is 4.13. The fourth-order valence-corrected chi connectivity index (χ4v) is 1.03. The minimum Gasteiger partial charge on any atom is -0.251 e. The van der Waals surface area contributed by atoms with Gasteiger partial charge in [0, 0.05) is 23.5 Å². The highest BCUT2D eigenvalue weighted by atomic mass is 32.1. The van der Waals surface area contributed by atoms with Crippen LogP contribution >= 0.6 is 12.6 Å². The summed E-state index contributed by atoms with van der Waals surface area (Å²) in [5.74, 6) is 0. The number of rotatable bonds is 0. The normalized spacial score (nSPS) is 10.3. The number of hydrogen-bond acceptors (Lipinski definition) is 4. The van der Waals surface area contributed by atoms with Crippen LogP contribution in [0.2, 0.25) is 0 Å². The molecule has 0 radical (unpaired) electrons. The first-order chi connectivity index (χ1) is 5.36. The Balaban J connectivity index is 2.83. The van der Waals surface area contributed by atoms with Gasteiger partial charge < -0.3 is 0 Å². The van der Waals surface area contributed by atoms with Crippen molar-refractivity contribution < 1.29 is 0 Å². The Morgan fingerprint density at radius 3 is 2.82 bits per heavy atom. The first kappa shape index (κ1) is 6.54. The lowest BCUT2D eigenvalue weighted by Gasteiger charge is -1.93. The van der Waals surface area contributed by atoms with Gasteiger partial charge in [0.25, 0.3) is 0 Å². The summed E-state index contributed by atoms with van der Waals surface area (Å²) >= 11 is 4.13. The highest BCUT2D eigenvalue weighted by molar-refractivity contribution is 7.80. The minimum absolute atomic E-state index is 0.658. The molecule has 2 rings (SSSR count). The van der Waals surface area contributed by atoms with Crippen LogP contribution in [0.25, 0.3) is 11.2 Å². The second-order valence-electron chi connectivity index (χ2n) is 2.09. The highest BCUT2D eigenvalue weighted by Crippen LogP contribution is 2.09. The van der Waals surface area contributed by atoms with E-state index < -0.39 is 0 Å². The molecule has 3 nitrogen and oxygen atoms in total. The topological polar surface area (TPSA) is 38.7 Å². The standard InChI is InChI=1S/C7H5N3S/c11-5-3-6-7(10-4-5)9-2-1-8-6/h1-4,11H. The van der Waals surface area contributed by atoms with Crippen molar-refractivity contribution in [3.8, 4) is 0 Å². The Labute approximate surface area is 68.9 Å². The molecular weight excluding hydrogens is 158 g/mol. The van der Waals surface area contributed by atoms with Crippen molar-refractivity contribution in [2.45, 2.75) is 4.90 Å². The number of aromatic nitrogens is 3. The fraction of sp³-hybridized carbons (Fsp3) is 0. The van der Waals surface area contributed by atoms with Gasteiger partial charge >= 0.3 is 0 Å². The molecule has 0 aliphatic rings. The summed E-state index contributed by atoms with van der Waals surface area (Å²) in [6.45, 7) is 0. The first-order valence-corrected chi connectivity index (χ1v) is 3.57. The van der Waals surface area contributed by atoms with Crippen molar-refractivity contribution in [3.63, 3.8) is 0 Å². The van der Waals surface area contributed by atoms with E-state index in [0.29, 0.717) is 5.65 Å². The van der Waals surface area contributed by atoms with Crippen molar-refractivity contribution in [1.29, 1.82) is 0 Å². The van der Waals surface area contributed by atoms with E-state index in [1.807, 2.05) is 6.07 Å². The summed E-state index contributed by atoms with van der Waals surface area (Å²) in [5, 5.41) is 0. The van der Waals surface area contributed by atoms with Crippen LogP contribution in [0, 0.1) is 0 Å². The Bertz CT molecular complexity index is 388. The molecule has 2 aromatic rings. The second kappa shape index (κ2) is 2.47. The molecule has 0 aromatic carbocycles. The molecule has 0 N–H and O–H groups in total. The number of fused-ring (bicyclic) bond motifs is 1. The van der Waals surface area contributed by atoms with Crippen LogP contribution in [0.4, 0.5) is 0 Å². The predicted molar refractivity (Wildman–Crippen MR) is 44.6 cm³/mol. The number of thiol groups is 1. The van der Waals surface area contributed by atoms with Crippen LogP contribution in [0.3, 0.4) is 0 Å². The van der Waals surface area contributed by atoms with Crippen molar-refractivity contribution >= 4 is 23.8 Å². The number of hydrogen-bond donors (Lipinski definition) is 1. The van der Waals surface area contributed by atoms with E-state index in [9.17, 15) is 0 Å². The lowest BCUT2D eigenvalue weighted by molar-refractivity contribution is 1.19. The molecule has 4 heteroatoms. The summed E-state index contributed by atoms with van der Waals surface area (Å²) in [4.78, 5) is 12.9. The van der Waals surface area contributed by atoms with Gasteiger partial charge in [-0.3, -0.25) is 4.98 Å². The number of nitrogens with zero attached hydrogens (tertiary/aromatic N) is 3. The van der Waals surface area contributed by atoms with Gasteiger partial charge in [-0.15, -0.1) is 12.6 Å². The van der Waals surface area contributed by atoms with Crippen molar-refractivity contribution in [3.05, 3.63) is 24.7 Å². The van der Waals surface area contributed by atoms with E-state index in [2.05, 4.69) is 27.6 Å². The maximum atomic E-state index is 4.13. The third kappa shape index (κ3) is 1.17. The molecule has 0 fully saturated rings. The second-order valence-corrected chi connectivity index (χ2v) is 2.61. The average Bonchev–Trinajstić information content (AvgIpc) is 2.04. The molecule has 0 saturated carbocycles. The van der Waals surface area contributed by atoms with Gasteiger partial charge in [0.15, 0.2) is 5.65 Å². The van der Waals surface area contributed by atoms with Crippen LogP contribution in [0.15, 0.2) is 29.6 Å². The summed E-state index contributed by atoms with van der Waals surface area (Å²) in [7, 11) is 0. The van der Waals surface area contributed by atoms with Gasteiger partial charge in [-0.25, -0.2) is 9.97 Å².